The van der Waals surface area contributed by atoms with E-state index in [1.807, 2.05) is 0 Å². The predicted octanol–water partition coefficient (Wildman–Crippen LogP) is -4.11. The zero-order valence-corrected chi connectivity index (χ0v) is 7.42. The van der Waals surface area contributed by atoms with Crippen LogP contribution < -0.4 is 29.6 Å². The fourth-order valence-corrected chi connectivity index (χ4v) is 0. The van der Waals surface area contributed by atoms with Crippen LogP contribution in [0.2, 0.25) is 0 Å². The molecule has 0 aliphatic rings. The van der Waals surface area contributed by atoms with E-state index in [2.05, 4.69) is 0 Å². The van der Waals surface area contributed by atoms with E-state index >= 15 is 0 Å². The van der Waals surface area contributed by atoms with Crippen LogP contribution >= 0.6 is 13.5 Å². The van der Waals surface area contributed by atoms with Gasteiger partial charge in [-0.15, -0.1) is 0 Å². The van der Waals surface area contributed by atoms with Crippen molar-refractivity contribution in [3.05, 3.63) is 0 Å². The summed E-state index contributed by atoms with van der Waals surface area (Å²) in [7, 11) is 0. The van der Waals surface area contributed by atoms with E-state index in [-0.39, 0.29) is 102 Å². The zero-order chi connectivity index (χ0) is 0. The molecule has 0 saturated carbocycles. The number of hydrogen-bond donors (Lipinski definition) is 0. The summed E-state index contributed by atoms with van der Waals surface area (Å²) >= 11 is 0. The van der Waals surface area contributed by atoms with Crippen molar-refractivity contribution >= 4 is 68.6 Å². The van der Waals surface area contributed by atoms with Gasteiger partial charge in [0.2, 0.25) is 0 Å². The minimum atomic E-state index is 0. The van der Waals surface area contributed by atoms with Crippen LogP contribution in [-0.2, 0) is 0 Å². The van der Waals surface area contributed by atoms with Crippen molar-refractivity contribution < 1.29 is 33.8 Å². The van der Waals surface area contributed by atoms with Gasteiger partial charge in [0, 0.05) is 0 Å². The van der Waals surface area contributed by atoms with Crippen molar-refractivity contribution in [1.29, 1.82) is 0 Å². The number of rotatable bonds is 0. The fourth-order valence-electron chi connectivity index (χ4n) is 0. The molecule has 0 spiro atoms. The van der Waals surface area contributed by atoms with Crippen molar-refractivity contribution in [2.24, 2.45) is 0 Å². The molecule has 0 atom stereocenters. The Hall–Kier alpha value is 3.14. The first-order valence-electron chi connectivity index (χ1n) is 0. The Labute approximate surface area is 100 Å². The third-order valence-electron chi connectivity index (χ3n) is 0. The Morgan fingerprint density at radius 3 is 1.25 bits per heavy atom. The standard InChI is InChI=1S/Al.Ca.Na.H2S.6H/h;;;1H2;;;;;;/q;+2;+1;;;;;3*-1. The summed E-state index contributed by atoms with van der Waals surface area (Å²) in [5.74, 6) is 0. The van der Waals surface area contributed by atoms with E-state index in [9.17, 15) is 0 Å². The molecule has 0 aromatic rings. The van der Waals surface area contributed by atoms with Gasteiger partial charge < -0.3 is 4.28 Å². The molecule has 0 radical (unpaired) electrons. The first-order valence-corrected chi connectivity index (χ1v) is 0. The second-order valence-electron chi connectivity index (χ2n) is 0. The minimum absolute atomic E-state index is 0. The molecule has 0 saturated heterocycles. The van der Waals surface area contributed by atoms with Gasteiger partial charge in [-0.2, -0.15) is 13.5 Å². The van der Waals surface area contributed by atoms with E-state index in [1.54, 1.807) is 0 Å². The topological polar surface area (TPSA) is 0 Å². The summed E-state index contributed by atoms with van der Waals surface area (Å²) in [6.07, 6.45) is 0. The summed E-state index contributed by atoms with van der Waals surface area (Å²) in [4.78, 5) is 0. The van der Waals surface area contributed by atoms with Crippen molar-refractivity contribution in [2.45, 2.75) is 0 Å². The summed E-state index contributed by atoms with van der Waals surface area (Å²) in [6, 6.07) is 0. The van der Waals surface area contributed by atoms with Gasteiger partial charge in [-0.25, -0.2) is 0 Å². The van der Waals surface area contributed by atoms with Crippen LogP contribution in [0.15, 0.2) is 0 Å². The quantitative estimate of drug-likeness (QED) is 0.292. The second kappa shape index (κ2) is 16.4. The fraction of sp³-hybridized carbons (Fsp3) is 0. The smallest absolute Gasteiger partial charge is 1.00 e. The van der Waals surface area contributed by atoms with Crippen molar-refractivity contribution in [1.82, 2.24) is 0 Å². The Kier molecular flexibility index (Phi) is 112. The summed E-state index contributed by atoms with van der Waals surface area (Å²) < 4.78 is 0. The van der Waals surface area contributed by atoms with Gasteiger partial charge in [-0.1, -0.05) is 0 Å². The van der Waals surface area contributed by atoms with Gasteiger partial charge in [0.1, 0.15) is 0 Å². The van der Waals surface area contributed by atoms with E-state index in [1.165, 1.54) is 0 Å². The van der Waals surface area contributed by atoms with E-state index in [0.29, 0.717) is 0 Å². The van der Waals surface area contributed by atoms with Crippen LogP contribution in [0.5, 0.6) is 0 Å². The molecule has 0 amide bonds. The van der Waals surface area contributed by atoms with Crippen molar-refractivity contribution in [3.8, 4) is 0 Å². The van der Waals surface area contributed by atoms with Gasteiger partial charge >= 0.3 is 67.3 Å². The first kappa shape index (κ1) is 27.3. The number of hydrogen-bond acceptors (Lipinski definition) is 0. The van der Waals surface area contributed by atoms with Crippen LogP contribution in [-0.4, -0.2) is 55.1 Å². The Morgan fingerprint density at radius 2 is 1.25 bits per heavy atom. The normalized spacial score (nSPS) is 0. The van der Waals surface area contributed by atoms with Gasteiger partial charge in [0.05, 0.1) is 0 Å². The molecular formula is H8AlCaNaS. The predicted molar refractivity (Wildman–Crippen MR) is 29.4 cm³/mol. The average molecular weight is 130 g/mol. The largest absolute Gasteiger partial charge is 2.00 e. The molecule has 4 heavy (non-hydrogen) atoms. The maximum atomic E-state index is 0. The molecule has 0 aliphatic carbocycles. The monoisotopic (exact) mass is 130 g/mol. The third kappa shape index (κ3) is 8.94. The summed E-state index contributed by atoms with van der Waals surface area (Å²) in [6.45, 7) is 0. The van der Waals surface area contributed by atoms with Crippen LogP contribution in [0.25, 0.3) is 0 Å². The maximum Gasteiger partial charge on any atom is 2.00 e. The Morgan fingerprint density at radius 1 is 1.25 bits per heavy atom. The van der Waals surface area contributed by atoms with Crippen LogP contribution in [0.3, 0.4) is 0 Å². The maximum absolute atomic E-state index is 0. The molecule has 0 rings (SSSR count). The minimum Gasteiger partial charge on any atom is -1.00 e. The summed E-state index contributed by atoms with van der Waals surface area (Å²) in [5, 5.41) is 0. The molecule has 0 aromatic heterocycles. The molecule has 0 unspecified atom stereocenters. The van der Waals surface area contributed by atoms with E-state index in [4.69, 9.17) is 0 Å². The van der Waals surface area contributed by atoms with Gasteiger partial charge in [0.25, 0.3) is 0 Å². The van der Waals surface area contributed by atoms with Gasteiger partial charge in [-0.3, -0.25) is 0 Å². The van der Waals surface area contributed by atoms with Crippen molar-refractivity contribution in [3.63, 3.8) is 0 Å². The SMILES string of the molecule is S.[AlH3].[Ca+2].[H-].[H-].[H-].[Na+]. The van der Waals surface area contributed by atoms with Crippen molar-refractivity contribution in [2.75, 3.05) is 0 Å². The Balaban J connectivity index is 0. The van der Waals surface area contributed by atoms with Gasteiger partial charge in [0.15, 0.2) is 17.4 Å². The van der Waals surface area contributed by atoms with Crippen LogP contribution in [0, 0.1) is 0 Å². The third-order valence-corrected chi connectivity index (χ3v) is 0. The average Bonchev–Trinajstić information content (AvgIpc) is 0. The van der Waals surface area contributed by atoms with Crippen LogP contribution in [0.1, 0.15) is 4.28 Å². The molecule has 0 aromatic carbocycles. The molecular weight excluding hydrogens is 122 g/mol. The zero-order valence-electron chi connectivity index (χ0n) is 5.21. The van der Waals surface area contributed by atoms with Crippen LogP contribution in [0.4, 0.5) is 0 Å². The second-order valence-corrected chi connectivity index (χ2v) is 0. The Bertz CT molecular complexity index is 14.9. The van der Waals surface area contributed by atoms with E-state index < -0.39 is 0 Å². The molecule has 20 valence electrons. The molecule has 0 bridgehead atoms. The molecule has 0 N–H and O–H groups in total. The molecule has 0 fully saturated rings. The van der Waals surface area contributed by atoms with Gasteiger partial charge in [-0.05, 0) is 0 Å². The molecule has 0 nitrogen and oxygen atoms in total. The van der Waals surface area contributed by atoms with E-state index in [0.717, 1.165) is 0 Å². The molecule has 0 aliphatic heterocycles. The molecule has 4 heteroatoms. The summed E-state index contributed by atoms with van der Waals surface area (Å²) in [5.41, 5.74) is 0. The molecule has 0 heterocycles. The first-order chi connectivity index (χ1) is 0.